The van der Waals surface area contributed by atoms with Crippen LogP contribution in [0, 0.1) is 0 Å². The number of carbonyl (C=O) groups is 1. The number of aryl methyl sites for hydroxylation is 1. The Bertz CT molecular complexity index is 581. The second-order valence-electron chi connectivity index (χ2n) is 4.75. The minimum atomic E-state index is -4.02. The molecule has 0 saturated carbocycles. The van der Waals surface area contributed by atoms with Gasteiger partial charge >= 0.3 is 0 Å². The monoisotopic (exact) mass is 321 g/mol. The van der Waals surface area contributed by atoms with Crippen molar-refractivity contribution in [2.45, 2.75) is 51.5 Å². The molecular formula is C12H20ClN3O3S. The molecule has 0 aromatic carbocycles. The van der Waals surface area contributed by atoms with Gasteiger partial charge in [-0.1, -0.05) is 13.3 Å². The third-order valence-electron chi connectivity index (χ3n) is 2.96. The van der Waals surface area contributed by atoms with Crippen LogP contribution < -0.4 is 0 Å². The SMILES string of the molecule is CCCc1[nH]nc(C(=O)N(CC)C(C)C)c1S(=O)(=O)Cl. The van der Waals surface area contributed by atoms with Gasteiger partial charge in [-0.3, -0.25) is 9.89 Å². The Kier molecular flexibility index (Phi) is 5.59. The number of nitrogens with zero attached hydrogens (tertiary/aromatic N) is 2. The van der Waals surface area contributed by atoms with Gasteiger partial charge in [-0.15, -0.1) is 0 Å². The zero-order chi connectivity index (χ0) is 15.5. The number of rotatable bonds is 6. The van der Waals surface area contributed by atoms with E-state index in [4.69, 9.17) is 10.7 Å². The van der Waals surface area contributed by atoms with Gasteiger partial charge in [0.2, 0.25) is 0 Å². The average Bonchev–Trinajstić information content (AvgIpc) is 2.73. The highest BCUT2D eigenvalue weighted by Gasteiger charge is 2.31. The zero-order valence-electron chi connectivity index (χ0n) is 12.1. The van der Waals surface area contributed by atoms with Crippen LogP contribution in [0.4, 0.5) is 0 Å². The number of aromatic amines is 1. The van der Waals surface area contributed by atoms with Gasteiger partial charge in [-0.2, -0.15) is 5.10 Å². The molecule has 1 aromatic rings. The van der Waals surface area contributed by atoms with E-state index in [1.807, 2.05) is 27.7 Å². The summed E-state index contributed by atoms with van der Waals surface area (Å²) >= 11 is 0. The van der Waals surface area contributed by atoms with Crippen LogP contribution in [0.5, 0.6) is 0 Å². The highest BCUT2D eigenvalue weighted by molar-refractivity contribution is 8.13. The smallest absolute Gasteiger partial charge is 0.275 e. The Morgan fingerprint density at radius 2 is 2.00 bits per heavy atom. The first-order chi connectivity index (χ1) is 9.23. The highest BCUT2D eigenvalue weighted by Crippen LogP contribution is 2.25. The number of aromatic nitrogens is 2. The number of nitrogens with one attached hydrogen (secondary N) is 1. The Morgan fingerprint density at radius 3 is 2.40 bits per heavy atom. The molecule has 1 rings (SSSR count). The molecule has 8 heteroatoms. The molecule has 1 heterocycles. The number of hydrogen-bond donors (Lipinski definition) is 1. The molecule has 0 radical (unpaired) electrons. The van der Waals surface area contributed by atoms with E-state index < -0.39 is 15.0 Å². The lowest BCUT2D eigenvalue weighted by atomic mass is 10.2. The predicted molar refractivity (Wildman–Crippen MR) is 77.5 cm³/mol. The van der Waals surface area contributed by atoms with Crippen LogP contribution in [0.1, 0.15) is 50.3 Å². The zero-order valence-corrected chi connectivity index (χ0v) is 13.7. The second-order valence-corrected chi connectivity index (χ2v) is 7.26. The van der Waals surface area contributed by atoms with Gasteiger partial charge in [-0.05, 0) is 27.2 Å². The van der Waals surface area contributed by atoms with Crippen molar-refractivity contribution in [3.63, 3.8) is 0 Å². The Labute approximate surface area is 123 Å². The maximum Gasteiger partial charge on any atom is 0.275 e. The molecule has 1 N–H and O–H groups in total. The van der Waals surface area contributed by atoms with Crippen LogP contribution in [-0.4, -0.2) is 42.0 Å². The summed E-state index contributed by atoms with van der Waals surface area (Å²) in [7, 11) is 1.43. The summed E-state index contributed by atoms with van der Waals surface area (Å²) in [6.07, 6.45) is 1.19. The fourth-order valence-corrected chi connectivity index (χ4v) is 3.38. The lowest BCUT2D eigenvalue weighted by Gasteiger charge is -2.24. The van der Waals surface area contributed by atoms with Crippen molar-refractivity contribution in [2.75, 3.05) is 6.54 Å². The molecule has 1 amide bonds. The first-order valence-electron chi connectivity index (χ1n) is 6.56. The first-order valence-corrected chi connectivity index (χ1v) is 8.87. The van der Waals surface area contributed by atoms with Gasteiger partial charge in [-0.25, -0.2) is 8.42 Å². The van der Waals surface area contributed by atoms with Crippen molar-refractivity contribution in [3.05, 3.63) is 11.4 Å². The van der Waals surface area contributed by atoms with Crippen LogP contribution in [0.2, 0.25) is 0 Å². The van der Waals surface area contributed by atoms with Crippen molar-refractivity contribution in [2.24, 2.45) is 0 Å². The van der Waals surface area contributed by atoms with Crippen LogP contribution in [0.3, 0.4) is 0 Å². The van der Waals surface area contributed by atoms with E-state index in [1.165, 1.54) is 4.90 Å². The quantitative estimate of drug-likeness (QED) is 0.814. The number of carbonyl (C=O) groups excluding carboxylic acids is 1. The summed E-state index contributed by atoms with van der Waals surface area (Å²) in [5.41, 5.74) is 0.254. The highest BCUT2D eigenvalue weighted by atomic mass is 35.7. The maximum atomic E-state index is 12.4. The van der Waals surface area contributed by atoms with E-state index in [-0.39, 0.29) is 16.6 Å². The third-order valence-corrected chi connectivity index (χ3v) is 4.35. The van der Waals surface area contributed by atoms with Crippen molar-refractivity contribution in [1.29, 1.82) is 0 Å². The maximum absolute atomic E-state index is 12.4. The van der Waals surface area contributed by atoms with Gasteiger partial charge in [0.15, 0.2) is 5.69 Å². The summed E-state index contributed by atoms with van der Waals surface area (Å²) in [6, 6.07) is -0.0512. The van der Waals surface area contributed by atoms with Crippen molar-refractivity contribution in [3.8, 4) is 0 Å². The number of H-pyrrole nitrogens is 1. The fourth-order valence-electron chi connectivity index (χ4n) is 2.07. The second kappa shape index (κ2) is 6.58. The van der Waals surface area contributed by atoms with Gasteiger partial charge in [0.05, 0.1) is 5.69 Å². The van der Waals surface area contributed by atoms with Crippen molar-refractivity contribution < 1.29 is 13.2 Å². The lowest BCUT2D eigenvalue weighted by molar-refractivity contribution is 0.0707. The Balaban J connectivity index is 3.35. The number of halogens is 1. The molecule has 0 aliphatic heterocycles. The molecule has 0 aliphatic carbocycles. The minimum Gasteiger partial charge on any atom is -0.335 e. The summed E-state index contributed by atoms with van der Waals surface area (Å²) < 4.78 is 23.5. The largest absolute Gasteiger partial charge is 0.335 e. The predicted octanol–water partition coefficient (Wildman–Crippen LogP) is 2.16. The number of amides is 1. The molecule has 0 bridgehead atoms. The summed E-state index contributed by atoms with van der Waals surface area (Å²) in [4.78, 5) is 13.8. The molecule has 6 nitrogen and oxygen atoms in total. The van der Waals surface area contributed by atoms with E-state index in [9.17, 15) is 13.2 Å². The number of hydrogen-bond acceptors (Lipinski definition) is 4. The van der Waals surface area contributed by atoms with Gasteiger partial charge < -0.3 is 4.90 Å². The fraction of sp³-hybridized carbons (Fsp3) is 0.667. The topological polar surface area (TPSA) is 83.1 Å². The van der Waals surface area contributed by atoms with E-state index >= 15 is 0 Å². The van der Waals surface area contributed by atoms with Gasteiger partial charge in [0, 0.05) is 23.3 Å². The van der Waals surface area contributed by atoms with E-state index in [0.29, 0.717) is 18.7 Å². The average molecular weight is 322 g/mol. The molecule has 0 atom stereocenters. The Morgan fingerprint density at radius 1 is 1.40 bits per heavy atom. The molecule has 0 saturated heterocycles. The first kappa shape index (κ1) is 17.0. The Hall–Kier alpha value is -1.08. The van der Waals surface area contributed by atoms with E-state index in [2.05, 4.69) is 10.2 Å². The third kappa shape index (κ3) is 3.52. The molecule has 0 aliphatic rings. The van der Waals surface area contributed by atoms with E-state index in [1.54, 1.807) is 0 Å². The van der Waals surface area contributed by atoms with Crippen molar-refractivity contribution >= 4 is 25.6 Å². The molecule has 0 spiro atoms. The van der Waals surface area contributed by atoms with Crippen LogP contribution in [0.15, 0.2) is 4.90 Å². The lowest BCUT2D eigenvalue weighted by Crippen LogP contribution is -2.37. The summed E-state index contributed by atoms with van der Waals surface area (Å²) in [5, 5.41) is 6.49. The summed E-state index contributed by atoms with van der Waals surface area (Å²) in [5.74, 6) is -0.430. The minimum absolute atomic E-state index is 0.0512. The van der Waals surface area contributed by atoms with Crippen LogP contribution in [0.25, 0.3) is 0 Å². The van der Waals surface area contributed by atoms with Crippen LogP contribution in [-0.2, 0) is 15.5 Å². The molecule has 0 unspecified atom stereocenters. The standard InChI is InChI=1S/C12H20ClN3O3S/c1-5-7-9-11(20(13,18)19)10(15-14-9)12(17)16(6-2)8(3)4/h8H,5-7H2,1-4H3,(H,14,15). The van der Waals surface area contributed by atoms with Gasteiger partial charge in [0.25, 0.3) is 15.0 Å². The molecule has 0 fully saturated rings. The summed E-state index contributed by atoms with van der Waals surface area (Å²) in [6.45, 7) is 7.91. The molecule has 20 heavy (non-hydrogen) atoms. The van der Waals surface area contributed by atoms with E-state index in [0.717, 1.165) is 6.42 Å². The van der Waals surface area contributed by atoms with Crippen molar-refractivity contribution in [1.82, 2.24) is 15.1 Å². The van der Waals surface area contributed by atoms with Crippen LogP contribution >= 0.6 is 10.7 Å². The molecular weight excluding hydrogens is 302 g/mol. The molecule has 1 aromatic heterocycles. The molecule has 114 valence electrons. The van der Waals surface area contributed by atoms with Gasteiger partial charge in [0.1, 0.15) is 4.90 Å². The normalized spacial score (nSPS) is 11.9.